The highest BCUT2D eigenvalue weighted by Gasteiger charge is 2.00. The molecule has 1 rings (SSSR count). The molecule has 0 radical (unpaired) electrons. The zero-order chi connectivity index (χ0) is 11.6. The van der Waals surface area contributed by atoms with Gasteiger partial charge >= 0.3 is 0 Å². The van der Waals surface area contributed by atoms with Gasteiger partial charge in [-0.05, 0) is 6.42 Å². The summed E-state index contributed by atoms with van der Waals surface area (Å²) in [6.07, 6.45) is 11.4. The number of H-pyrrole nitrogens is 1. The van der Waals surface area contributed by atoms with Crippen LogP contribution in [-0.2, 0) is 12.8 Å². The number of hydrogen-bond donors (Lipinski definition) is 1. The van der Waals surface area contributed by atoms with Crippen molar-refractivity contribution < 1.29 is 0 Å². The van der Waals surface area contributed by atoms with Crippen LogP contribution in [0.1, 0.15) is 70.4 Å². The minimum atomic E-state index is 0.924. The predicted octanol–water partition coefficient (Wildman–Crippen LogP) is 3.66. The van der Waals surface area contributed by atoms with Crippen molar-refractivity contribution >= 4 is 0 Å². The lowest BCUT2D eigenvalue weighted by Crippen LogP contribution is -1.89. The molecule has 0 atom stereocenters. The van der Waals surface area contributed by atoms with Gasteiger partial charge in [-0.25, -0.2) is 4.98 Å². The number of hydrogen-bond acceptors (Lipinski definition) is 2. The van der Waals surface area contributed by atoms with Gasteiger partial charge in [0.2, 0.25) is 0 Å². The van der Waals surface area contributed by atoms with Gasteiger partial charge in [0, 0.05) is 12.8 Å². The molecule has 0 bridgehead atoms. The first kappa shape index (κ1) is 13.2. The Morgan fingerprint density at radius 2 is 1.62 bits per heavy atom. The van der Waals surface area contributed by atoms with E-state index < -0.39 is 0 Å². The van der Waals surface area contributed by atoms with Crippen LogP contribution in [0.15, 0.2) is 0 Å². The first-order valence-electron chi connectivity index (χ1n) is 6.77. The second-order valence-electron chi connectivity index (χ2n) is 4.42. The summed E-state index contributed by atoms with van der Waals surface area (Å²) in [4.78, 5) is 4.41. The summed E-state index contributed by atoms with van der Waals surface area (Å²) in [6, 6.07) is 0. The second-order valence-corrected chi connectivity index (χ2v) is 4.42. The van der Waals surface area contributed by atoms with Crippen LogP contribution < -0.4 is 0 Å². The molecule has 3 nitrogen and oxygen atoms in total. The third-order valence-corrected chi connectivity index (χ3v) is 2.91. The molecule has 0 aliphatic heterocycles. The first-order valence-corrected chi connectivity index (χ1v) is 6.77. The van der Waals surface area contributed by atoms with E-state index in [0.29, 0.717) is 0 Å². The van der Waals surface area contributed by atoms with Crippen molar-refractivity contribution in [3.63, 3.8) is 0 Å². The van der Waals surface area contributed by atoms with Crippen molar-refractivity contribution in [3.05, 3.63) is 11.6 Å². The van der Waals surface area contributed by atoms with Crippen LogP contribution in [0.25, 0.3) is 0 Å². The highest BCUT2D eigenvalue weighted by atomic mass is 15.2. The molecule has 0 fully saturated rings. The fourth-order valence-electron chi connectivity index (χ4n) is 1.85. The maximum atomic E-state index is 4.41. The van der Waals surface area contributed by atoms with Crippen LogP contribution in [0.3, 0.4) is 0 Å². The molecule has 1 aromatic heterocycles. The molecule has 1 N–H and O–H groups in total. The molecule has 1 heterocycles. The summed E-state index contributed by atoms with van der Waals surface area (Å²) in [6.45, 7) is 4.34. The van der Waals surface area contributed by atoms with E-state index in [1.54, 1.807) is 0 Å². The third-order valence-electron chi connectivity index (χ3n) is 2.91. The molecule has 0 unspecified atom stereocenters. The zero-order valence-corrected chi connectivity index (χ0v) is 10.8. The maximum Gasteiger partial charge on any atom is 0.150 e. The van der Waals surface area contributed by atoms with Crippen molar-refractivity contribution in [3.8, 4) is 0 Å². The molecule has 0 aromatic carbocycles. The number of aromatic nitrogens is 3. The summed E-state index contributed by atoms with van der Waals surface area (Å²) < 4.78 is 0. The second kappa shape index (κ2) is 8.31. The average Bonchev–Trinajstić information content (AvgIpc) is 2.76. The molecule has 16 heavy (non-hydrogen) atoms. The van der Waals surface area contributed by atoms with Crippen LogP contribution in [0.2, 0.25) is 0 Å². The fraction of sp³-hybridized carbons (Fsp3) is 0.846. The Morgan fingerprint density at radius 3 is 2.25 bits per heavy atom. The Hall–Kier alpha value is -0.860. The number of rotatable bonds is 9. The summed E-state index contributed by atoms with van der Waals surface area (Å²) in [7, 11) is 0. The molecule has 0 saturated heterocycles. The smallest absolute Gasteiger partial charge is 0.150 e. The summed E-state index contributed by atoms with van der Waals surface area (Å²) in [5.74, 6) is 2.00. The summed E-state index contributed by atoms with van der Waals surface area (Å²) in [5, 5.41) is 7.14. The number of nitrogens with zero attached hydrogens (tertiary/aromatic N) is 2. The standard InChI is InChI=1S/C13H25N3/c1-3-5-6-7-8-9-10-11-13-14-12(4-2)15-16-13/h3-11H2,1-2H3,(H,14,15,16). The molecule has 0 aliphatic rings. The largest absolute Gasteiger partial charge is 0.263 e. The van der Waals surface area contributed by atoms with E-state index in [0.717, 1.165) is 24.5 Å². The monoisotopic (exact) mass is 223 g/mol. The van der Waals surface area contributed by atoms with Crippen molar-refractivity contribution in [2.24, 2.45) is 0 Å². The molecule has 0 spiro atoms. The van der Waals surface area contributed by atoms with E-state index in [4.69, 9.17) is 0 Å². The lowest BCUT2D eigenvalue weighted by Gasteiger charge is -1.99. The quantitative estimate of drug-likeness (QED) is 0.649. The van der Waals surface area contributed by atoms with Gasteiger partial charge in [-0.15, -0.1) is 0 Å². The number of aromatic amines is 1. The lowest BCUT2D eigenvalue weighted by atomic mass is 10.1. The van der Waals surface area contributed by atoms with Crippen LogP contribution in [-0.4, -0.2) is 15.2 Å². The highest BCUT2D eigenvalue weighted by molar-refractivity contribution is 4.89. The van der Waals surface area contributed by atoms with E-state index in [9.17, 15) is 0 Å². The van der Waals surface area contributed by atoms with Crippen LogP contribution in [0.5, 0.6) is 0 Å². The molecule has 1 aromatic rings. The zero-order valence-electron chi connectivity index (χ0n) is 10.8. The van der Waals surface area contributed by atoms with Crippen LogP contribution >= 0.6 is 0 Å². The fourth-order valence-corrected chi connectivity index (χ4v) is 1.85. The van der Waals surface area contributed by atoms with Crippen molar-refractivity contribution in [2.75, 3.05) is 0 Å². The molecule has 0 saturated carbocycles. The van der Waals surface area contributed by atoms with Gasteiger partial charge < -0.3 is 0 Å². The molecule has 0 amide bonds. The van der Waals surface area contributed by atoms with Gasteiger partial charge in [0.25, 0.3) is 0 Å². The Labute approximate surface area is 99.1 Å². The van der Waals surface area contributed by atoms with Gasteiger partial charge in [0.05, 0.1) is 0 Å². The number of nitrogens with one attached hydrogen (secondary N) is 1. The normalized spacial score (nSPS) is 10.9. The van der Waals surface area contributed by atoms with Gasteiger partial charge in [-0.2, -0.15) is 5.10 Å². The number of aryl methyl sites for hydroxylation is 2. The minimum Gasteiger partial charge on any atom is -0.263 e. The van der Waals surface area contributed by atoms with Crippen LogP contribution in [0, 0.1) is 0 Å². The lowest BCUT2D eigenvalue weighted by molar-refractivity contribution is 0.585. The van der Waals surface area contributed by atoms with E-state index in [-0.39, 0.29) is 0 Å². The van der Waals surface area contributed by atoms with Crippen molar-refractivity contribution in [2.45, 2.75) is 71.6 Å². The Morgan fingerprint density at radius 1 is 0.938 bits per heavy atom. The molecule has 0 aliphatic carbocycles. The maximum absolute atomic E-state index is 4.41. The van der Waals surface area contributed by atoms with Crippen molar-refractivity contribution in [1.82, 2.24) is 15.2 Å². The molecule has 92 valence electrons. The number of unbranched alkanes of at least 4 members (excludes halogenated alkanes) is 6. The molecular formula is C13H25N3. The Bertz CT molecular complexity index is 268. The summed E-state index contributed by atoms with van der Waals surface area (Å²) >= 11 is 0. The Kier molecular flexibility index (Phi) is 6.86. The molecule has 3 heteroatoms. The van der Waals surface area contributed by atoms with Gasteiger partial charge in [-0.3, -0.25) is 5.10 Å². The topological polar surface area (TPSA) is 41.6 Å². The third kappa shape index (κ3) is 5.29. The van der Waals surface area contributed by atoms with Gasteiger partial charge in [-0.1, -0.05) is 52.4 Å². The van der Waals surface area contributed by atoms with Gasteiger partial charge in [0.15, 0.2) is 0 Å². The van der Waals surface area contributed by atoms with Crippen LogP contribution in [0.4, 0.5) is 0 Å². The Balaban J connectivity index is 1.98. The van der Waals surface area contributed by atoms with E-state index in [1.807, 2.05) is 0 Å². The minimum absolute atomic E-state index is 0.924. The van der Waals surface area contributed by atoms with Crippen molar-refractivity contribution in [1.29, 1.82) is 0 Å². The molecular weight excluding hydrogens is 198 g/mol. The SMILES string of the molecule is CCCCCCCCCc1nc(CC)n[nH]1. The highest BCUT2D eigenvalue weighted by Crippen LogP contribution is 2.08. The van der Waals surface area contributed by atoms with E-state index in [2.05, 4.69) is 29.0 Å². The summed E-state index contributed by atoms with van der Waals surface area (Å²) in [5.41, 5.74) is 0. The predicted molar refractivity (Wildman–Crippen MR) is 67.5 cm³/mol. The van der Waals surface area contributed by atoms with E-state index in [1.165, 1.54) is 44.9 Å². The van der Waals surface area contributed by atoms with E-state index >= 15 is 0 Å². The first-order chi connectivity index (χ1) is 7.86. The van der Waals surface area contributed by atoms with Gasteiger partial charge in [0.1, 0.15) is 11.6 Å². The average molecular weight is 223 g/mol.